The molecule has 0 spiro atoms. The quantitative estimate of drug-likeness (QED) is 0.405. The maximum Gasteiger partial charge on any atom is 0.285 e. The summed E-state index contributed by atoms with van der Waals surface area (Å²) in [4.78, 5) is 20.8. The van der Waals surface area contributed by atoms with Crippen LogP contribution in [0.4, 0.5) is 11.6 Å². The Morgan fingerprint density at radius 2 is 1.86 bits per heavy atom. The Balaban J connectivity index is 1.75. The number of aromatic nitrogens is 2. The van der Waals surface area contributed by atoms with Crippen LogP contribution in [0.25, 0.3) is 22.0 Å². The predicted octanol–water partition coefficient (Wildman–Crippen LogP) is 3.27. The predicted molar refractivity (Wildman–Crippen MR) is 109 cm³/mol. The number of hydrogen-bond donors (Lipinski definition) is 0. The molecular formula is C21H20N4O3. The summed E-state index contributed by atoms with van der Waals surface area (Å²) < 4.78 is 6.58. The van der Waals surface area contributed by atoms with Crippen LogP contribution in [0.5, 0.6) is 0 Å². The zero-order chi connectivity index (χ0) is 20.0. The van der Waals surface area contributed by atoms with Crippen LogP contribution >= 0.6 is 0 Å². The molecule has 0 aliphatic rings. The van der Waals surface area contributed by atoms with Crippen LogP contribution in [-0.2, 0) is 0 Å². The second-order valence-corrected chi connectivity index (χ2v) is 6.89. The fourth-order valence-corrected chi connectivity index (χ4v) is 3.13. The monoisotopic (exact) mass is 376 g/mol. The first-order valence-electron chi connectivity index (χ1n) is 8.84. The Morgan fingerprint density at radius 1 is 1.11 bits per heavy atom. The number of amides is 1. The van der Waals surface area contributed by atoms with E-state index < -0.39 is 5.91 Å². The average molecular weight is 376 g/mol. The van der Waals surface area contributed by atoms with Gasteiger partial charge in [-0.1, -0.05) is 12.1 Å². The molecule has 2 aromatic carbocycles. The highest BCUT2D eigenvalue weighted by Gasteiger charge is 2.26. The van der Waals surface area contributed by atoms with Gasteiger partial charge < -0.3 is 14.5 Å². The lowest BCUT2D eigenvalue weighted by molar-refractivity contribution is -0.584. The minimum absolute atomic E-state index is 0.102. The van der Waals surface area contributed by atoms with E-state index in [0.29, 0.717) is 22.5 Å². The fourth-order valence-electron chi connectivity index (χ4n) is 3.13. The third kappa shape index (κ3) is 2.81. The Hall–Kier alpha value is -3.61. The van der Waals surface area contributed by atoms with Gasteiger partial charge in [-0.3, -0.25) is 9.69 Å². The second kappa shape index (κ2) is 6.53. The minimum Gasteiger partial charge on any atom is -0.618 e. The normalized spacial score (nSPS) is 11.1. The van der Waals surface area contributed by atoms with Gasteiger partial charge in [-0.2, -0.15) is 4.73 Å². The number of rotatable bonds is 3. The number of furan rings is 1. The highest BCUT2D eigenvalue weighted by atomic mass is 16.5. The van der Waals surface area contributed by atoms with E-state index in [2.05, 4.69) is 4.98 Å². The molecule has 7 heteroatoms. The van der Waals surface area contributed by atoms with Crippen LogP contribution in [-0.4, -0.2) is 32.0 Å². The molecule has 0 bridgehead atoms. The standard InChI is InChI=1S/C21H20N4O3/c1-13-20(22-16-7-5-6-8-17(16)25(13)27)21(26)24(4)19-12-14-11-15(23(2)3)9-10-18(14)28-19/h5-12H,1-4H3. The van der Waals surface area contributed by atoms with Gasteiger partial charge in [0.15, 0.2) is 5.69 Å². The number of nitrogens with zero attached hydrogens (tertiary/aromatic N) is 4. The highest BCUT2D eigenvalue weighted by molar-refractivity contribution is 6.05. The second-order valence-electron chi connectivity index (χ2n) is 6.89. The van der Waals surface area contributed by atoms with Gasteiger partial charge in [0.05, 0.1) is 0 Å². The van der Waals surface area contributed by atoms with Crippen LogP contribution in [0.1, 0.15) is 16.2 Å². The number of para-hydroxylation sites is 2. The van der Waals surface area contributed by atoms with Crippen LogP contribution in [0.15, 0.2) is 52.9 Å². The van der Waals surface area contributed by atoms with E-state index in [1.54, 1.807) is 38.2 Å². The maximum absolute atomic E-state index is 13.1. The van der Waals surface area contributed by atoms with Gasteiger partial charge in [0.2, 0.25) is 17.1 Å². The van der Waals surface area contributed by atoms with Crippen LogP contribution in [0.2, 0.25) is 0 Å². The van der Waals surface area contributed by atoms with Crippen LogP contribution < -0.4 is 14.5 Å². The molecule has 0 saturated carbocycles. The van der Waals surface area contributed by atoms with E-state index in [1.165, 1.54) is 4.90 Å². The van der Waals surface area contributed by atoms with Crippen molar-refractivity contribution in [3.8, 4) is 0 Å². The van der Waals surface area contributed by atoms with Crippen molar-refractivity contribution in [3.05, 3.63) is 65.1 Å². The van der Waals surface area contributed by atoms with E-state index in [1.807, 2.05) is 43.3 Å². The lowest BCUT2D eigenvalue weighted by atomic mass is 10.2. The molecule has 4 aromatic rings. The van der Waals surface area contributed by atoms with Gasteiger partial charge in [0, 0.05) is 51.3 Å². The van der Waals surface area contributed by atoms with Crippen molar-refractivity contribution < 1.29 is 13.9 Å². The molecule has 0 N–H and O–H groups in total. The summed E-state index contributed by atoms with van der Waals surface area (Å²) in [5, 5.41) is 13.4. The molecule has 0 saturated heterocycles. The Bertz CT molecular complexity index is 1210. The smallest absolute Gasteiger partial charge is 0.285 e. The van der Waals surface area contributed by atoms with Gasteiger partial charge in [0.1, 0.15) is 11.1 Å². The van der Waals surface area contributed by atoms with Gasteiger partial charge in [-0.15, -0.1) is 0 Å². The SMILES string of the molecule is Cc1c(C(=O)N(C)c2cc3cc(N(C)C)ccc3o2)nc2ccccc2[n+]1[O-]. The Morgan fingerprint density at radius 3 is 2.61 bits per heavy atom. The van der Waals surface area contributed by atoms with Gasteiger partial charge >= 0.3 is 0 Å². The summed E-state index contributed by atoms with van der Waals surface area (Å²) >= 11 is 0. The third-order valence-corrected chi connectivity index (χ3v) is 4.82. The van der Waals surface area contributed by atoms with Crippen LogP contribution in [0, 0.1) is 12.1 Å². The lowest BCUT2D eigenvalue weighted by Crippen LogP contribution is -2.37. The average Bonchev–Trinajstić information content (AvgIpc) is 3.12. The summed E-state index contributed by atoms with van der Waals surface area (Å²) in [6.07, 6.45) is 0. The first kappa shape index (κ1) is 17.8. The van der Waals surface area contributed by atoms with Crippen molar-refractivity contribution in [1.82, 2.24) is 4.98 Å². The van der Waals surface area contributed by atoms with Crippen molar-refractivity contribution >= 4 is 39.5 Å². The van der Waals surface area contributed by atoms with E-state index in [0.717, 1.165) is 15.8 Å². The summed E-state index contributed by atoms with van der Waals surface area (Å²) in [6.45, 7) is 1.59. The number of hydrogen-bond acceptors (Lipinski definition) is 5. The topological polar surface area (TPSA) is 76.5 Å². The molecule has 0 unspecified atom stereocenters. The fraction of sp³-hybridized carbons (Fsp3) is 0.190. The van der Waals surface area contributed by atoms with E-state index >= 15 is 0 Å². The molecule has 142 valence electrons. The molecule has 2 aromatic heterocycles. The number of carbonyl (C=O) groups is 1. The van der Waals surface area contributed by atoms with E-state index in [4.69, 9.17) is 4.42 Å². The zero-order valence-electron chi connectivity index (χ0n) is 16.1. The zero-order valence-corrected chi connectivity index (χ0v) is 16.1. The van der Waals surface area contributed by atoms with Crippen molar-refractivity contribution in [2.24, 2.45) is 0 Å². The number of carbonyl (C=O) groups excluding carboxylic acids is 1. The van der Waals surface area contributed by atoms with Gasteiger partial charge in [-0.25, -0.2) is 4.98 Å². The van der Waals surface area contributed by atoms with Crippen molar-refractivity contribution in [2.75, 3.05) is 30.9 Å². The summed E-state index contributed by atoms with van der Waals surface area (Å²) in [6, 6.07) is 14.6. The molecule has 0 atom stereocenters. The number of anilines is 2. The summed E-state index contributed by atoms with van der Waals surface area (Å²) in [5.41, 5.74) is 2.97. The molecule has 2 heterocycles. The number of fused-ring (bicyclic) bond motifs is 2. The Labute approximate surface area is 162 Å². The maximum atomic E-state index is 13.1. The largest absolute Gasteiger partial charge is 0.618 e. The molecule has 7 nitrogen and oxygen atoms in total. The van der Waals surface area contributed by atoms with E-state index in [-0.39, 0.29) is 11.4 Å². The van der Waals surface area contributed by atoms with E-state index in [9.17, 15) is 10.0 Å². The first-order valence-corrected chi connectivity index (χ1v) is 8.84. The van der Waals surface area contributed by atoms with Gasteiger partial charge in [0.25, 0.3) is 5.91 Å². The summed E-state index contributed by atoms with van der Waals surface area (Å²) in [5.74, 6) is -0.0116. The Kier molecular flexibility index (Phi) is 4.15. The first-order chi connectivity index (χ1) is 13.4. The van der Waals surface area contributed by atoms with Crippen molar-refractivity contribution in [1.29, 1.82) is 0 Å². The molecule has 0 radical (unpaired) electrons. The van der Waals surface area contributed by atoms with Crippen molar-refractivity contribution in [3.63, 3.8) is 0 Å². The molecular weight excluding hydrogens is 356 g/mol. The van der Waals surface area contributed by atoms with Crippen LogP contribution in [0.3, 0.4) is 0 Å². The number of benzene rings is 2. The molecule has 1 amide bonds. The lowest BCUT2D eigenvalue weighted by Gasteiger charge is -2.15. The molecule has 0 aliphatic heterocycles. The highest BCUT2D eigenvalue weighted by Crippen LogP contribution is 2.29. The summed E-state index contributed by atoms with van der Waals surface area (Å²) in [7, 11) is 5.53. The third-order valence-electron chi connectivity index (χ3n) is 4.82. The van der Waals surface area contributed by atoms with Crippen molar-refractivity contribution in [2.45, 2.75) is 6.92 Å². The molecule has 0 aliphatic carbocycles. The van der Waals surface area contributed by atoms with Gasteiger partial charge in [-0.05, 0) is 24.3 Å². The molecule has 0 fully saturated rings. The minimum atomic E-state index is -0.403. The molecule has 4 rings (SSSR count). The molecule has 28 heavy (non-hydrogen) atoms.